The minimum atomic E-state index is -0.965. The maximum absolute atomic E-state index is 9.98. The van der Waals surface area contributed by atoms with Gasteiger partial charge >= 0.3 is 0 Å². The topological polar surface area (TPSA) is 71.2 Å². The Kier molecular flexibility index (Phi) is 2.85. The van der Waals surface area contributed by atoms with Crippen molar-refractivity contribution in [1.82, 2.24) is 10.3 Å². The van der Waals surface area contributed by atoms with E-state index in [2.05, 4.69) is 10.3 Å². The molecule has 0 fully saturated rings. The molecule has 0 radical (unpaired) electrons. The largest absolute Gasteiger partial charge is 0.398 e. The van der Waals surface area contributed by atoms with Gasteiger partial charge in [0.25, 0.3) is 0 Å². The fourth-order valence-corrected chi connectivity index (χ4v) is 1.29. The quantitative estimate of drug-likeness (QED) is 0.618. The van der Waals surface area contributed by atoms with Crippen molar-refractivity contribution in [3.63, 3.8) is 0 Å². The van der Waals surface area contributed by atoms with Crippen molar-refractivity contribution in [2.45, 2.75) is 12.5 Å². The number of pyridine rings is 1. The summed E-state index contributed by atoms with van der Waals surface area (Å²) >= 11 is 0. The van der Waals surface area contributed by atoms with E-state index in [1.165, 1.54) is 0 Å². The minimum absolute atomic E-state index is 0.447. The predicted octanol–water partition coefficient (Wildman–Crippen LogP) is 0.0907. The molecule has 0 aliphatic carbocycles. The van der Waals surface area contributed by atoms with Gasteiger partial charge in [-0.3, -0.25) is 4.98 Å². The van der Waals surface area contributed by atoms with Gasteiger partial charge in [0.2, 0.25) is 0 Å². The third-order valence-corrected chi connectivity index (χ3v) is 1.96. The predicted molar refractivity (Wildman–Crippen MR) is 52.1 cm³/mol. The van der Waals surface area contributed by atoms with Gasteiger partial charge in [0, 0.05) is 30.2 Å². The minimum Gasteiger partial charge on any atom is -0.398 e. The van der Waals surface area contributed by atoms with Crippen LogP contribution in [0.1, 0.15) is 12.5 Å². The van der Waals surface area contributed by atoms with Crippen molar-refractivity contribution < 1.29 is 5.11 Å². The van der Waals surface area contributed by atoms with E-state index in [-0.39, 0.29) is 0 Å². The van der Waals surface area contributed by atoms with Gasteiger partial charge in [-0.1, -0.05) is 0 Å². The lowest BCUT2D eigenvalue weighted by atomic mass is 9.96. The number of nitrogen functional groups attached to an aromatic ring is 1. The van der Waals surface area contributed by atoms with Crippen LogP contribution in [-0.2, 0) is 5.60 Å². The van der Waals surface area contributed by atoms with Crippen molar-refractivity contribution in [3.05, 3.63) is 24.0 Å². The average Bonchev–Trinajstić information content (AvgIpc) is 2.04. The van der Waals surface area contributed by atoms with E-state index in [1.807, 2.05) is 0 Å². The van der Waals surface area contributed by atoms with Crippen molar-refractivity contribution in [1.29, 1.82) is 0 Å². The zero-order chi connectivity index (χ0) is 9.90. The highest BCUT2D eigenvalue weighted by Gasteiger charge is 2.24. The Balaban J connectivity index is 2.99. The zero-order valence-electron chi connectivity index (χ0n) is 7.91. The molecular formula is C9H15N3O. The molecule has 4 N–H and O–H groups in total. The number of hydrogen-bond acceptors (Lipinski definition) is 4. The summed E-state index contributed by atoms with van der Waals surface area (Å²) in [5.41, 5.74) is 5.97. The zero-order valence-corrected chi connectivity index (χ0v) is 7.91. The number of likely N-dealkylation sites (N-methyl/N-ethyl adjacent to an activating group) is 1. The molecule has 1 unspecified atom stereocenters. The lowest BCUT2D eigenvalue weighted by Gasteiger charge is -2.24. The van der Waals surface area contributed by atoms with Crippen molar-refractivity contribution >= 4 is 5.69 Å². The Hall–Kier alpha value is -1.13. The summed E-state index contributed by atoms with van der Waals surface area (Å²) in [4.78, 5) is 3.93. The van der Waals surface area contributed by atoms with Gasteiger partial charge < -0.3 is 16.2 Å². The standard InChI is InChI=1S/C9H15N3O/c1-9(13,6-11-2)7-5-12-4-3-8(7)10/h3-5,11,13H,6H2,1-2H3,(H2,10,12). The second-order valence-electron chi connectivity index (χ2n) is 3.27. The summed E-state index contributed by atoms with van der Waals surface area (Å²) in [7, 11) is 1.78. The Labute approximate surface area is 77.8 Å². The van der Waals surface area contributed by atoms with Crippen LogP contribution in [0.25, 0.3) is 0 Å². The van der Waals surface area contributed by atoms with E-state index < -0.39 is 5.60 Å². The van der Waals surface area contributed by atoms with E-state index in [0.717, 1.165) is 0 Å². The summed E-state index contributed by atoms with van der Waals surface area (Å²) in [6.45, 7) is 2.15. The van der Waals surface area contributed by atoms with E-state index >= 15 is 0 Å². The molecule has 0 aliphatic rings. The summed E-state index contributed by atoms with van der Waals surface area (Å²) in [5, 5.41) is 12.9. The van der Waals surface area contributed by atoms with Crippen LogP contribution in [0.15, 0.2) is 18.5 Å². The number of nitrogens with two attached hydrogens (primary N) is 1. The Morgan fingerprint density at radius 1 is 1.69 bits per heavy atom. The number of anilines is 1. The molecule has 0 aliphatic heterocycles. The molecular weight excluding hydrogens is 166 g/mol. The first-order chi connectivity index (χ1) is 6.08. The molecule has 1 heterocycles. The maximum Gasteiger partial charge on any atom is 0.103 e. The summed E-state index contributed by atoms with van der Waals surface area (Å²) < 4.78 is 0. The fourth-order valence-electron chi connectivity index (χ4n) is 1.29. The normalized spacial score (nSPS) is 15.3. The Morgan fingerprint density at radius 2 is 2.38 bits per heavy atom. The molecule has 1 aromatic heterocycles. The van der Waals surface area contributed by atoms with Crippen LogP contribution in [-0.4, -0.2) is 23.7 Å². The SMILES string of the molecule is CNCC(C)(O)c1cnccc1N. The van der Waals surface area contributed by atoms with Crippen LogP contribution in [0.5, 0.6) is 0 Å². The summed E-state index contributed by atoms with van der Waals surface area (Å²) in [6, 6.07) is 1.68. The van der Waals surface area contributed by atoms with Gasteiger partial charge in [0.05, 0.1) is 0 Å². The van der Waals surface area contributed by atoms with Crippen molar-refractivity contribution in [2.75, 3.05) is 19.3 Å². The number of hydrogen-bond donors (Lipinski definition) is 3. The molecule has 4 heteroatoms. The second-order valence-corrected chi connectivity index (χ2v) is 3.27. The van der Waals surface area contributed by atoms with Gasteiger partial charge in [-0.2, -0.15) is 0 Å². The van der Waals surface area contributed by atoms with Gasteiger partial charge in [-0.25, -0.2) is 0 Å². The molecule has 72 valence electrons. The highest BCUT2D eigenvalue weighted by molar-refractivity contribution is 5.47. The molecule has 4 nitrogen and oxygen atoms in total. The van der Waals surface area contributed by atoms with Crippen LogP contribution in [0.4, 0.5) is 5.69 Å². The Bertz CT molecular complexity index is 286. The van der Waals surface area contributed by atoms with Crippen LogP contribution in [0.3, 0.4) is 0 Å². The molecule has 1 atom stereocenters. The molecule has 0 spiro atoms. The molecule has 1 rings (SSSR count). The maximum atomic E-state index is 9.98. The van der Waals surface area contributed by atoms with Gasteiger partial charge in [-0.15, -0.1) is 0 Å². The van der Waals surface area contributed by atoms with Crippen LogP contribution >= 0.6 is 0 Å². The number of rotatable bonds is 3. The summed E-state index contributed by atoms with van der Waals surface area (Å²) in [5.74, 6) is 0. The highest BCUT2D eigenvalue weighted by atomic mass is 16.3. The Morgan fingerprint density at radius 3 is 2.92 bits per heavy atom. The van der Waals surface area contributed by atoms with E-state index in [1.54, 1.807) is 32.4 Å². The van der Waals surface area contributed by atoms with Crippen LogP contribution in [0.2, 0.25) is 0 Å². The number of nitrogens with one attached hydrogen (secondary N) is 1. The second kappa shape index (κ2) is 3.72. The van der Waals surface area contributed by atoms with Gasteiger partial charge in [-0.05, 0) is 20.0 Å². The van der Waals surface area contributed by atoms with E-state index in [0.29, 0.717) is 17.8 Å². The first kappa shape index (κ1) is 9.95. The van der Waals surface area contributed by atoms with Gasteiger partial charge in [0.1, 0.15) is 5.60 Å². The molecule has 0 amide bonds. The number of aromatic nitrogens is 1. The lowest BCUT2D eigenvalue weighted by Crippen LogP contribution is -2.34. The van der Waals surface area contributed by atoms with Crippen LogP contribution < -0.4 is 11.1 Å². The number of aliphatic hydroxyl groups is 1. The smallest absolute Gasteiger partial charge is 0.103 e. The first-order valence-electron chi connectivity index (χ1n) is 4.15. The van der Waals surface area contributed by atoms with E-state index in [9.17, 15) is 5.11 Å². The molecule has 0 aromatic carbocycles. The molecule has 0 bridgehead atoms. The molecule has 0 saturated carbocycles. The third kappa shape index (κ3) is 2.17. The van der Waals surface area contributed by atoms with Crippen molar-refractivity contribution in [3.8, 4) is 0 Å². The van der Waals surface area contributed by atoms with Crippen molar-refractivity contribution in [2.24, 2.45) is 0 Å². The number of nitrogens with zero attached hydrogens (tertiary/aromatic N) is 1. The fraction of sp³-hybridized carbons (Fsp3) is 0.444. The average molecular weight is 181 g/mol. The summed E-state index contributed by atoms with van der Waals surface area (Å²) in [6.07, 6.45) is 3.20. The first-order valence-corrected chi connectivity index (χ1v) is 4.15. The third-order valence-electron chi connectivity index (χ3n) is 1.96. The monoisotopic (exact) mass is 181 g/mol. The van der Waals surface area contributed by atoms with Gasteiger partial charge in [0.15, 0.2) is 0 Å². The highest BCUT2D eigenvalue weighted by Crippen LogP contribution is 2.23. The lowest BCUT2D eigenvalue weighted by molar-refractivity contribution is 0.0596. The molecule has 0 saturated heterocycles. The van der Waals surface area contributed by atoms with Crippen LogP contribution in [0, 0.1) is 0 Å². The molecule has 13 heavy (non-hydrogen) atoms. The van der Waals surface area contributed by atoms with E-state index in [4.69, 9.17) is 5.73 Å². The molecule has 1 aromatic rings.